The number of aromatic nitrogens is 1. The molecule has 1 aromatic heterocycles. The molecule has 1 heterocycles. The molecule has 0 N–H and O–H groups in total. The average Bonchev–Trinajstić information content (AvgIpc) is 2.06. The second kappa shape index (κ2) is 4.50. The summed E-state index contributed by atoms with van der Waals surface area (Å²) >= 11 is 0. The third-order valence-electron chi connectivity index (χ3n) is 1.54. The molecule has 1 radical (unpaired) electrons. The molecule has 61 valence electrons. The van der Waals surface area contributed by atoms with Crippen LogP contribution in [0.15, 0.2) is 37.6 Å². The zero-order valence-electron chi connectivity index (χ0n) is 7.09. The zero-order chi connectivity index (χ0) is 8.81. The summed E-state index contributed by atoms with van der Waals surface area (Å²) in [5, 5.41) is 0. The smallest absolute Gasteiger partial charge is 0.0444 e. The molecule has 12 heavy (non-hydrogen) atoms. The van der Waals surface area contributed by atoms with E-state index in [0.717, 1.165) is 24.1 Å². The predicted octanol–water partition coefficient (Wildman–Crippen LogP) is 2.34. The Balaban J connectivity index is 2.79. The van der Waals surface area contributed by atoms with Crippen molar-refractivity contribution < 1.29 is 0 Å². The Morgan fingerprint density at radius 1 is 1.33 bits per heavy atom. The van der Waals surface area contributed by atoms with Gasteiger partial charge in [0.1, 0.15) is 0 Å². The Hall–Kier alpha value is -1.37. The molecule has 0 unspecified atom stereocenters. The molecule has 0 saturated heterocycles. The molecule has 0 bridgehead atoms. The van der Waals surface area contributed by atoms with E-state index in [1.807, 2.05) is 18.2 Å². The fraction of sp³-hybridized carbons (Fsp3) is 0.182. The highest BCUT2D eigenvalue weighted by Gasteiger charge is 1.93. The molecular weight excluding hydrogens is 146 g/mol. The fourth-order valence-corrected chi connectivity index (χ4v) is 1.01. The molecule has 1 rings (SSSR count). The van der Waals surface area contributed by atoms with Crippen LogP contribution in [0.1, 0.15) is 11.3 Å². The molecule has 0 aromatic carbocycles. The lowest BCUT2D eigenvalue weighted by Crippen LogP contribution is -1.90. The van der Waals surface area contributed by atoms with E-state index in [-0.39, 0.29) is 0 Å². The summed E-state index contributed by atoms with van der Waals surface area (Å²) in [5.74, 6) is 0. The van der Waals surface area contributed by atoms with Crippen LogP contribution in [0, 0.1) is 6.07 Å². The van der Waals surface area contributed by atoms with E-state index in [1.165, 1.54) is 0 Å². The number of hydrogen-bond donors (Lipinski definition) is 0. The first-order valence-corrected chi connectivity index (χ1v) is 3.94. The molecule has 0 atom stereocenters. The van der Waals surface area contributed by atoms with Crippen LogP contribution in [0.4, 0.5) is 0 Å². The molecule has 0 fully saturated rings. The largest absolute Gasteiger partial charge is 0.260 e. The highest BCUT2D eigenvalue weighted by molar-refractivity contribution is 5.18. The molecule has 0 amide bonds. The number of hydrogen-bond acceptors (Lipinski definition) is 1. The van der Waals surface area contributed by atoms with Gasteiger partial charge in [-0.05, 0) is 18.1 Å². The van der Waals surface area contributed by atoms with Gasteiger partial charge in [-0.1, -0.05) is 12.2 Å². The van der Waals surface area contributed by atoms with E-state index in [4.69, 9.17) is 0 Å². The van der Waals surface area contributed by atoms with Crippen molar-refractivity contribution in [3.05, 3.63) is 54.9 Å². The first-order valence-electron chi connectivity index (χ1n) is 3.94. The Morgan fingerprint density at radius 2 is 2.08 bits per heavy atom. The van der Waals surface area contributed by atoms with Crippen LogP contribution in [0.3, 0.4) is 0 Å². The number of nitrogens with zero attached hydrogens (tertiary/aromatic N) is 1. The summed E-state index contributed by atoms with van der Waals surface area (Å²) < 4.78 is 0. The van der Waals surface area contributed by atoms with Crippen LogP contribution in [0.25, 0.3) is 0 Å². The van der Waals surface area contributed by atoms with Crippen molar-refractivity contribution in [2.24, 2.45) is 0 Å². The maximum Gasteiger partial charge on any atom is 0.0444 e. The summed E-state index contributed by atoms with van der Waals surface area (Å²) in [6.07, 6.45) is 7.09. The fourth-order valence-electron chi connectivity index (χ4n) is 1.01. The third kappa shape index (κ3) is 2.35. The maximum atomic E-state index is 4.15. The van der Waals surface area contributed by atoms with Gasteiger partial charge in [-0.2, -0.15) is 0 Å². The van der Waals surface area contributed by atoms with Gasteiger partial charge in [0.25, 0.3) is 0 Å². The SMILES string of the molecule is C=CCc1[c]cnc(CC=C)c1. The van der Waals surface area contributed by atoms with E-state index >= 15 is 0 Å². The molecule has 0 aliphatic carbocycles. The van der Waals surface area contributed by atoms with Crippen LogP contribution in [0.5, 0.6) is 0 Å². The first kappa shape index (κ1) is 8.72. The summed E-state index contributed by atoms with van der Waals surface area (Å²) in [7, 11) is 0. The van der Waals surface area contributed by atoms with Gasteiger partial charge >= 0.3 is 0 Å². The van der Waals surface area contributed by atoms with Crippen molar-refractivity contribution in [2.45, 2.75) is 12.8 Å². The molecule has 0 aliphatic heterocycles. The summed E-state index contributed by atoms with van der Waals surface area (Å²) in [4.78, 5) is 4.15. The molecule has 1 nitrogen and oxygen atoms in total. The predicted molar refractivity (Wildman–Crippen MR) is 50.9 cm³/mol. The normalized spacial score (nSPS) is 9.33. The second-order valence-corrected chi connectivity index (χ2v) is 2.55. The molecule has 0 saturated carbocycles. The van der Waals surface area contributed by atoms with Gasteiger partial charge in [-0.25, -0.2) is 0 Å². The lowest BCUT2D eigenvalue weighted by Gasteiger charge is -1.98. The van der Waals surface area contributed by atoms with Gasteiger partial charge < -0.3 is 0 Å². The lowest BCUT2D eigenvalue weighted by atomic mass is 10.1. The Kier molecular flexibility index (Phi) is 3.27. The van der Waals surface area contributed by atoms with Gasteiger partial charge in [0.15, 0.2) is 0 Å². The van der Waals surface area contributed by atoms with Crippen molar-refractivity contribution in [3.8, 4) is 0 Å². The van der Waals surface area contributed by atoms with Gasteiger partial charge in [-0.15, -0.1) is 13.2 Å². The highest BCUT2D eigenvalue weighted by Crippen LogP contribution is 2.03. The molecule has 1 heteroatoms. The third-order valence-corrected chi connectivity index (χ3v) is 1.54. The standard InChI is InChI=1S/C11H12N/c1-3-5-10-7-8-12-11(9-10)6-4-2/h3-4,8-9H,1-2,5-6H2. The zero-order valence-corrected chi connectivity index (χ0v) is 7.09. The van der Waals surface area contributed by atoms with Crippen molar-refractivity contribution in [3.63, 3.8) is 0 Å². The van der Waals surface area contributed by atoms with Crippen LogP contribution >= 0.6 is 0 Å². The summed E-state index contributed by atoms with van der Waals surface area (Å²) in [5.41, 5.74) is 2.18. The monoisotopic (exact) mass is 158 g/mol. The molecule has 0 aliphatic rings. The molecular formula is C11H12N. The average molecular weight is 158 g/mol. The van der Waals surface area contributed by atoms with E-state index in [1.54, 1.807) is 6.20 Å². The van der Waals surface area contributed by atoms with Gasteiger partial charge in [0, 0.05) is 24.4 Å². The summed E-state index contributed by atoms with van der Waals surface area (Å²) in [6, 6.07) is 5.08. The minimum atomic E-state index is 0.818. The van der Waals surface area contributed by atoms with E-state index in [9.17, 15) is 0 Å². The van der Waals surface area contributed by atoms with Crippen LogP contribution < -0.4 is 0 Å². The Morgan fingerprint density at radius 3 is 2.75 bits per heavy atom. The molecule has 1 aromatic rings. The van der Waals surface area contributed by atoms with Crippen molar-refractivity contribution in [1.29, 1.82) is 0 Å². The summed E-state index contributed by atoms with van der Waals surface area (Å²) in [6.45, 7) is 7.33. The van der Waals surface area contributed by atoms with Crippen molar-refractivity contribution >= 4 is 0 Å². The van der Waals surface area contributed by atoms with E-state index in [2.05, 4.69) is 24.2 Å². The molecule has 0 spiro atoms. The number of pyridine rings is 1. The van der Waals surface area contributed by atoms with Crippen LogP contribution in [-0.4, -0.2) is 4.98 Å². The minimum absolute atomic E-state index is 0.818. The number of allylic oxidation sites excluding steroid dienone is 2. The number of rotatable bonds is 4. The van der Waals surface area contributed by atoms with E-state index < -0.39 is 0 Å². The van der Waals surface area contributed by atoms with Crippen molar-refractivity contribution in [1.82, 2.24) is 4.98 Å². The first-order chi connectivity index (χ1) is 5.86. The van der Waals surface area contributed by atoms with E-state index in [0.29, 0.717) is 0 Å². The quantitative estimate of drug-likeness (QED) is 0.613. The second-order valence-electron chi connectivity index (χ2n) is 2.55. The van der Waals surface area contributed by atoms with Gasteiger partial charge in [0.05, 0.1) is 0 Å². The van der Waals surface area contributed by atoms with Crippen LogP contribution in [-0.2, 0) is 12.8 Å². The Bertz CT molecular complexity index is 251. The lowest BCUT2D eigenvalue weighted by molar-refractivity contribution is 1.08. The topological polar surface area (TPSA) is 12.9 Å². The van der Waals surface area contributed by atoms with Gasteiger partial charge in [-0.3, -0.25) is 4.98 Å². The van der Waals surface area contributed by atoms with Crippen molar-refractivity contribution in [2.75, 3.05) is 0 Å². The highest BCUT2D eigenvalue weighted by atomic mass is 14.7. The van der Waals surface area contributed by atoms with Crippen LogP contribution in [0.2, 0.25) is 0 Å². The maximum absolute atomic E-state index is 4.15. The minimum Gasteiger partial charge on any atom is -0.260 e. The van der Waals surface area contributed by atoms with Gasteiger partial charge in [0.2, 0.25) is 0 Å². The Labute approximate surface area is 73.5 Å².